The molecule has 0 aliphatic carbocycles. The van der Waals surface area contributed by atoms with E-state index < -0.39 is 0 Å². The number of aromatic nitrogens is 2. The molecule has 0 aliphatic rings. The molecule has 0 bridgehead atoms. The van der Waals surface area contributed by atoms with E-state index in [1.807, 2.05) is 19.9 Å². The van der Waals surface area contributed by atoms with E-state index in [-0.39, 0.29) is 12.1 Å². The molecule has 6 heteroatoms. The van der Waals surface area contributed by atoms with Gasteiger partial charge < -0.3 is 15.6 Å². The van der Waals surface area contributed by atoms with Crippen molar-refractivity contribution in [2.75, 3.05) is 5.32 Å². The van der Waals surface area contributed by atoms with Crippen molar-refractivity contribution in [3.05, 3.63) is 47.0 Å². The van der Waals surface area contributed by atoms with E-state index in [1.165, 1.54) is 0 Å². The van der Waals surface area contributed by atoms with Crippen LogP contribution in [-0.2, 0) is 0 Å². The second kappa shape index (κ2) is 5.75. The molecule has 1 aromatic carbocycles. The first-order valence-corrected chi connectivity index (χ1v) is 6.27. The molecule has 2 rings (SSSR count). The van der Waals surface area contributed by atoms with Gasteiger partial charge in [-0.15, -0.1) is 0 Å². The Kier molecular flexibility index (Phi) is 4.06. The Morgan fingerprint density at radius 3 is 2.89 bits per heavy atom. The van der Waals surface area contributed by atoms with Gasteiger partial charge in [0.25, 0.3) is 0 Å². The lowest BCUT2D eigenvalue weighted by molar-refractivity contribution is 0.249. The Labute approximate surface area is 116 Å². The second-order valence-electron chi connectivity index (χ2n) is 4.26. The van der Waals surface area contributed by atoms with Crippen LogP contribution in [0.4, 0.5) is 10.5 Å². The van der Waals surface area contributed by atoms with Gasteiger partial charge in [0.05, 0.1) is 6.04 Å². The normalized spacial score (nSPS) is 11.9. The van der Waals surface area contributed by atoms with Crippen molar-refractivity contribution in [1.29, 1.82) is 0 Å². The zero-order chi connectivity index (χ0) is 13.8. The number of urea groups is 1. The Bertz CT molecular complexity index is 568. The lowest BCUT2D eigenvalue weighted by atomic mass is 10.2. The molecule has 19 heavy (non-hydrogen) atoms. The van der Waals surface area contributed by atoms with Crippen molar-refractivity contribution in [1.82, 2.24) is 15.3 Å². The van der Waals surface area contributed by atoms with E-state index in [0.29, 0.717) is 16.5 Å². The summed E-state index contributed by atoms with van der Waals surface area (Å²) < 4.78 is 0. The molecule has 2 amide bonds. The maximum atomic E-state index is 11.8. The first kappa shape index (κ1) is 13.4. The van der Waals surface area contributed by atoms with Crippen LogP contribution in [0, 0.1) is 6.92 Å². The van der Waals surface area contributed by atoms with Gasteiger partial charge in [-0.2, -0.15) is 0 Å². The van der Waals surface area contributed by atoms with Crippen LogP contribution < -0.4 is 10.6 Å². The summed E-state index contributed by atoms with van der Waals surface area (Å²) in [4.78, 5) is 18.8. The third kappa shape index (κ3) is 3.48. The number of nitrogens with zero attached hydrogens (tertiary/aromatic N) is 1. The minimum Gasteiger partial charge on any atom is -0.347 e. The topological polar surface area (TPSA) is 69.8 Å². The number of aromatic amines is 1. The zero-order valence-electron chi connectivity index (χ0n) is 10.7. The van der Waals surface area contributed by atoms with Crippen LogP contribution in [0.5, 0.6) is 0 Å². The Balaban J connectivity index is 1.95. The van der Waals surface area contributed by atoms with Gasteiger partial charge >= 0.3 is 6.03 Å². The first-order valence-electron chi connectivity index (χ1n) is 5.89. The number of hydrogen-bond acceptors (Lipinski definition) is 2. The predicted molar refractivity (Wildman–Crippen MR) is 75.3 cm³/mol. The molecule has 5 nitrogen and oxygen atoms in total. The molecule has 3 N–H and O–H groups in total. The molecule has 2 aromatic rings. The summed E-state index contributed by atoms with van der Waals surface area (Å²) in [6.07, 6.45) is 3.36. The van der Waals surface area contributed by atoms with E-state index in [4.69, 9.17) is 11.6 Å². The molecular weight excluding hydrogens is 264 g/mol. The van der Waals surface area contributed by atoms with Crippen molar-refractivity contribution in [3.63, 3.8) is 0 Å². The van der Waals surface area contributed by atoms with Crippen LogP contribution in [0.3, 0.4) is 0 Å². The van der Waals surface area contributed by atoms with Gasteiger partial charge in [0, 0.05) is 23.1 Å². The molecule has 1 unspecified atom stereocenters. The van der Waals surface area contributed by atoms with Crippen LogP contribution in [0.25, 0.3) is 0 Å². The number of rotatable bonds is 3. The molecule has 100 valence electrons. The zero-order valence-corrected chi connectivity index (χ0v) is 11.5. The fourth-order valence-corrected chi connectivity index (χ4v) is 1.80. The third-order valence-corrected chi connectivity index (χ3v) is 3.11. The highest BCUT2D eigenvalue weighted by atomic mass is 35.5. The van der Waals surface area contributed by atoms with Gasteiger partial charge in [-0.05, 0) is 31.5 Å². The minimum absolute atomic E-state index is 0.198. The van der Waals surface area contributed by atoms with E-state index >= 15 is 0 Å². The molecule has 1 heterocycles. The summed E-state index contributed by atoms with van der Waals surface area (Å²) in [5.74, 6) is 0.706. The lowest BCUT2D eigenvalue weighted by Crippen LogP contribution is -2.31. The van der Waals surface area contributed by atoms with Crippen molar-refractivity contribution < 1.29 is 4.79 Å². The van der Waals surface area contributed by atoms with Gasteiger partial charge in [0.15, 0.2) is 0 Å². The summed E-state index contributed by atoms with van der Waals surface area (Å²) in [7, 11) is 0. The van der Waals surface area contributed by atoms with Gasteiger partial charge in [-0.1, -0.05) is 17.7 Å². The summed E-state index contributed by atoms with van der Waals surface area (Å²) in [5.41, 5.74) is 1.62. The maximum absolute atomic E-state index is 11.8. The van der Waals surface area contributed by atoms with E-state index in [0.717, 1.165) is 5.56 Å². The van der Waals surface area contributed by atoms with Crippen molar-refractivity contribution in [2.24, 2.45) is 0 Å². The summed E-state index contributed by atoms with van der Waals surface area (Å²) in [5, 5.41) is 6.13. The molecule has 1 aromatic heterocycles. The number of benzene rings is 1. The van der Waals surface area contributed by atoms with Crippen LogP contribution in [-0.4, -0.2) is 16.0 Å². The third-order valence-electron chi connectivity index (χ3n) is 2.71. The van der Waals surface area contributed by atoms with Crippen molar-refractivity contribution >= 4 is 23.3 Å². The Hall–Kier alpha value is -2.01. The molecule has 0 aliphatic heterocycles. The number of aryl methyl sites for hydroxylation is 1. The maximum Gasteiger partial charge on any atom is 0.319 e. The number of hydrogen-bond donors (Lipinski definition) is 3. The van der Waals surface area contributed by atoms with Gasteiger partial charge in [-0.3, -0.25) is 0 Å². The summed E-state index contributed by atoms with van der Waals surface area (Å²) >= 11 is 6.00. The molecule has 0 fully saturated rings. The minimum atomic E-state index is -0.302. The fourth-order valence-electron chi connectivity index (χ4n) is 1.62. The van der Waals surface area contributed by atoms with Crippen LogP contribution in [0.2, 0.25) is 5.02 Å². The molecule has 0 saturated heterocycles. The number of H-pyrrole nitrogens is 1. The number of carbonyl (C=O) groups excluding carboxylic acids is 1. The molecule has 0 saturated carbocycles. The van der Waals surface area contributed by atoms with E-state index in [1.54, 1.807) is 24.5 Å². The highest BCUT2D eigenvalue weighted by Gasteiger charge is 2.11. The van der Waals surface area contributed by atoms with Crippen LogP contribution >= 0.6 is 11.6 Å². The number of anilines is 1. The largest absolute Gasteiger partial charge is 0.347 e. The lowest BCUT2D eigenvalue weighted by Gasteiger charge is -2.13. The van der Waals surface area contributed by atoms with Crippen LogP contribution in [0.15, 0.2) is 30.6 Å². The quantitative estimate of drug-likeness (QED) is 0.806. The molecule has 1 atom stereocenters. The monoisotopic (exact) mass is 278 g/mol. The average molecular weight is 279 g/mol. The van der Waals surface area contributed by atoms with Crippen molar-refractivity contribution in [3.8, 4) is 0 Å². The van der Waals surface area contributed by atoms with Gasteiger partial charge in [-0.25, -0.2) is 9.78 Å². The number of carbonyl (C=O) groups is 1. The molecular formula is C13H15ClN4O. The molecule has 0 radical (unpaired) electrons. The standard InChI is InChI=1S/C13H15ClN4O/c1-8-3-4-10(7-11(8)14)18-13(19)17-9(2)12-15-5-6-16-12/h3-7,9H,1-2H3,(H,15,16)(H2,17,18,19). The first-order chi connectivity index (χ1) is 9.06. The molecule has 0 spiro atoms. The summed E-state index contributed by atoms with van der Waals surface area (Å²) in [6, 6.07) is 4.88. The Morgan fingerprint density at radius 1 is 1.47 bits per heavy atom. The SMILES string of the molecule is Cc1ccc(NC(=O)NC(C)c2ncc[nH]2)cc1Cl. The van der Waals surface area contributed by atoms with Gasteiger partial charge in [0.1, 0.15) is 5.82 Å². The Morgan fingerprint density at radius 2 is 2.26 bits per heavy atom. The fraction of sp³-hybridized carbons (Fsp3) is 0.231. The predicted octanol–water partition coefficient (Wildman–Crippen LogP) is 3.25. The number of nitrogens with one attached hydrogen (secondary N) is 3. The van der Waals surface area contributed by atoms with E-state index in [9.17, 15) is 4.79 Å². The number of halogens is 1. The van der Waals surface area contributed by atoms with Gasteiger partial charge in [0.2, 0.25) is 0 Å². The van der Waals surface area contributed by atoms with Crippen LogP contribution in [0.1, 0.15) is 24.4 Å². The average Bonchev–Trinajstić information content (AvgIpc) is 2.87. The summed E-state index contributed by atoms with van der Waals surface area (Å²) in [6.45, 7) is 3.76. The highest BCUT2D eigenvalue weighted by Crippen LogP contribution is 2.20. The number of amides is 2. The number of imidazole rings is 1. The highest BCUT2D eigenvalue weighted by molar-refractivity contribution is 6.31. The van der Waals surface area contributed by atoms with Crippen molar-refractivity contribution in [2.45, 2.75) is 19.9 Å². The second-order valence-corrected chi connectivity index (χ2v) is 4.67. The van der Waals surface area contributed by atoms with E-state index in [2.05, 4.69) is 20.6 Å². The smallest absolute Gasteiger partial charge is 0.319 e.